The fourth-order valence-electron chi connectivity index (χ4n) is 2.98. The molecule has 3 aromatic carbocycles. The van der Waals surface area contributed by atoms with Gasteiger partial charge >= 0.3 is 0 Å². The second kappa shape index (κ2) is 7.47. The minimum atomic E-state index is -0.499. The number of non-ortho nitro benzene ring substituents is 1. The summed E-state index contributed by atoms with van der Waals surface area (Å²) in [7, 11) is 0. The van der Waals surface area contributed by atoms with Gasteiger partial charge in [0, 0.05) is 12.1 Å². The van der Waals surface area contributed by atoms with Gasteiger partial charge in [0.05, 0.1) is 21.5 Å². The van der Waals surface area contributed by atoms with Crippen molar-refractivity contribution < 1.29 is 9.31 Å². The van der Waals surface area contributed by atoms with Crippen LogP contribution in [-0.2, 0) is 0 Å². The van der Waals surface area contributed by atoms with Gasteiger partial charge in [-0.2, -0.15) is 0 Å². The molecule has 0 aliphatic rings. The van der Waals surface area contributed by atoms with Gasteiger partial charge in [-0.3, -0.25) is 19.5 Å². The molecule has 0 bridgehead atoms. The molecule has 0 radical (unpaired) electrons. The van der Waals surface area contributed by atoms with E-state index in [1.54, 1.807) is 48.6 Å². The molecule has 0 aliphatic heterocycles. The summed E-state index contributed by atoms with van der Waals surface area (Å²) in [6.07, 6.45) is 3.38. The van der Waals surface area contributed by atoms with Gasteiger partial charge < -0.3 is 0 Å². The van der Waals surface area contributed by atoms with Crippen molar-refractivity contribution in [3.05, 3.63) is 110 Å². The molecule has 0 N–H and O–H groups in total. The highest BCUT2D eigenvalue weighted by atomic mass is 19.1. The first-order valence-electron chi connectivity index (χ1n) is 8.73. The van der Waals surface area contributed by atoms with Gasteiger partial charge in [0.25, 0.3) is 11.2 Å². The molecule has 0 amide bonds. The van der Waals surface area contributed by atoms with Gasteiger partial charge in [-0.25, -0.2) is 9.37 Å². The Hall–Kier alpha value is -4.13. The Morgan fingerprint density at radius 2 is 1.62 bits per heavy atom. The first-order chi connectivity index (χ1) is 14.0. The smallest absolute Gasteiger partial charge is 0.268 e. The Morgan fingerprint density at radius 1 is 0.931 bits per heavy atom. The standard InChI is InChI=1S/C22H14FN3O3/c23-16-8-5-15(6-9-16)7-14-21-24-20-4-2-1-3-19(20)22(27)25(21)17-10-12-18(13-11-17)26(28)29/h1-14H/b14-7-. The highest BCUT2D eigenvalue weighted by Gasteiger charge is 2.12. The van der Waals surface area contributed by atoms with E-state index in [0.717, 1.165) is 5.56 Å². The van der Waals surface area contributed by atoms with Gasteiger partial charge in [-0.05, 0) is 48.0 Å². The van der Waals surface area contributed by atoms with E-state index in [4.69, 9.17) is 0 Å². The molecule has 6 nitrogen and oxygen atoms in total. The summed E-state index contributed by atoms with van der Waals surface area (Å²) in [5, 5.41) is 11.4. The maximum Gasteiger partial charge on any atom is 0.269 e. The third-order valence-electron chi connectivity index (χ3n) is 4.42. The molecule has 0 unspecified atom stereocenters. The summed E-state index contributed by atoms with van der Waals surface area (Å²) in [5.74, 6) is 0.0145. The second-order valence-corrected chi connectivity index (χ2v) is 6.29. The number of aromatic nitrogens is 2. The number of nitrogens with zero attached hydrogens (tertiary/aromatic N) is 3. The molecular weight excluding hydrogens is 373 g/mol. The van der Waals surface area contributed by atoms with Crippen LogP contribution in [0.3, 0.4) is 0 Å². The van der Waals surface area contributed by atoms with Crippen LogP contribution in [0.25, 0.3) is 28.7 Å². The van der Waals surface area contributed by atoms with Gasteiger partial charge in [0.2, 0.25) is 0 Å². The first-order valence-corrected chi connectivity index (χ1v) is 8.73. The molecule has 142 valence electrons. The van der Waals surface area contributed by atoms with Gasteiger partial charge in [-0.15, -0.1) is 0 Å². The SMILES string of the molecule is O=c1c2ccccc2nc(/C=C\c2ccc(F)cc2)n1-c1ccc([N+](=O)[O-])cc1. The molecule has 7 heteroatoms. The average molecular weight is 387 g/mol. The zero-order valence-electron chi connectivity index (χ0n) is 15.0. The number of fused-ring (bicyclic) bond motifs is 1. The third-order valence-corrected chi connectivity index (χ3v) is 4.42. The maximum atomic E-state index is 13.1. The van der Waals surface area contributed by atoms with E-state index in [-0.39, 0.29) is 17.1 Å². The summed E-state index contributed by atoms with van der Waals surface area (Å²) in [5.41, 5.74) is 1.37. The number of nitro benzene ring substituents is 1. The normalized spacial score (nSPS) is 11.2. The average Bonchev–Trinajstić information content (AvgIpc) is 2.73. The molecular formula is C22H14FN3O3. The van der Waals surface area contributed by atoms with E-state index in [9.17, 15) is 19.3 Å². The highest BCUT2D eigenvalue weighted by molar-refractivity contribution is 5.80. The molecule has 4 rings (SSSR count). The Balaban J connectivity index is 1.89. The van der Waals surface area contributed by atoms with Crippen LogP contribution in [0, 0.1) is 15.9 Å². The van der Waals surface area contributed by atoms with E-state index in [2.05, 4.69) is 4.98 Å². The van der Waals surface area contributed by atoms with Crippen molar-refractivity contribution in [3.8, 4) is 5.69 Å². The number of hydrogen-bond acceptors (Lipinski definition) is 4. The molecule has 0 aliphatic carbocycles. The minimum absolute atomic E-state index is 0.0704. The fourth-order valence-corrected chi connectivity index (χ4v) is 2.98. The van der Waals surface area contributed by atoms with E-state index >= 15 is 0 Å². The molecule has 0 saturated carbocycles. The van der Waals surface area contributed by atoms with Gasteiger partial charge in [0.15, 0.2) is 0 Å². The third kappa shape index (κ3) is 3.66. The van der Waals surface area contributed by atoms with Crippen LogP contribution in [0.2, 0.25) is 0 Å². The number of rotatable bonds is 4. The van der Waals surface area contributed by atoms with Crippen LogP contribution >= 0.6 is 0 Å². The number of halogens is 1. The second-order valence-electron chi connectivity index (χ2n) is 6.29. The Labute approximate surface area is 164 Å². The molecule has 4 aromatic rings. The van der Waals surface area contributed by atoms with Crippen LogP contribution in [0.1, 0.15) is 11.4 Å². The topological polar surface area (TPSA) is 78.0 Å². The van der Waals surface area contributed by atoms with E-state index < -0.39 is 4.92 Å². The van der Waals surface area contributed by atoms with E-state index in [1.165, 1.54) is 41.0 Å². The summed E-state index contributed by atoms with van der Waals surface area (Å²) >= 11 is 0. The zero-order chi connectivity index (χ0) is 20.4. The van der Waals surface area contributed by atoms with Crippen molar-refractivity contribution in [1.29, 1.82) is 0 Å². The lowest BCUT2D eigenvalue weighted by Crippen LogP contribution is -2.22. The highest BCUT2D eigenvalue weighted by Crippen LogP contribution is 2.18. The van der Waals surface area contributed by atoms with Crippen molar-refractivity contribution in [3.63, 3.8) is 0 Å². The summed E-state index contributed by atoms with van der Waals surface area (Å²) in [6, 6.07) is 18.6. The number of para-hydroxylation sites is 1. The summed E-state index contributed by atoms with van der Waals surface area (Å²) < 4.78 is 14.5. The lowest BCUT2D eigenvalue weighted by atomic mass is 10.2. The van der Waals surface area contributed by atoms with Crippen molar-refractivity contribution in [2.75, 3.05) is 0 Å². The molecule has 1 aromatic heterocycles. The minimum Gasteiger partial charge on any atom is -0.268 e. The zero-order valence-corrected chi connectivity index (χ0v) is 15.0. The molecule has 1 heterocycles. The molecule has 0 fully saturated rings. The Bertz CT molecular complexity index is 1290. The van der Waals surface area contributed by atoms with Crippen molar-refractivity contribution in [1.82, 2.24) is 9.55 Å². The van der Waals surface area contributed by atoms with Crippen LogP contribution < -0.4 is 5.56 Å². The largest absolute Gasteiger partial charge is 0.269 e. The van der Waals surface area contributed by atoms with Crippen LogP contribution in [0.15, 0.2) is 77.6 Å². The molecule has 29 heavy (non-hydrogen) atoms. The van der Waals surface area contributed by atoms with Gasteiger partial charge in [-0.1, -0.05) is 30.3 Å². The lowest BCUT2D eigenvalue weighted by Gasteiger charge is -2.11. The first kappa shape index (κ1) is 18.2. The maximum absolute atomic E-state index is 13.1. The van der Waals surface area contributed by atoms with Crippen LogP contribution in [0.4, 0.5) is 10.1 Å². The quantitative estimate of drug-likeness (QED) is 0.379. The molecule has 0 spiro atoms. The number of nitro groups is 1. The van der Waals surface area contributed by atoms with E-state index in [0.29, 0.717) is 22.4 Å². The predicted molar refractivity (Wildman–Crippen MR) is 109 cm³/mol. The van der Waals surface area contributed by atoms with Crippen molar-refractivity contribution in [2.45, 2.75) is 0 Å². The predicted octanol–water partition coefficient (Wildman–Crippen LogP) is 4.60. The Morgan fingerprint density at radius 3 is 2.31 bits per heavy atom. The Kier molecular flexibility index (Phi) is 4.70. The molecule has 0 saturated heterocycles. The summed E-state index contributed by atoms with van der Waals surface area (Å²) in [6.45, 7) is 0. The fraction of sp³-hybridized carbons (Fsp3) is 0. The number of hydrogen-bond donors (Lipinski definition) is 0. The van der Waals surface area contributed by atoms with Gasteiger partial charge in [0.1, 0.15) is 11.6 Å². The van der Waals surface area contributed by atoms with Crippen LogP contribution in [-0.4, -0.2) is 14.5 Å². The molecule has 0 atom stereocenters. The van der Waals surface area contributed by atoms with E-state index in [1.807, 2.05) is 0 Å². The van der Waals surface area contributed by atoms with Crippen molar-refractivity contribution >= 4 is 28.7 Å². The van der Waals surface area contributed by atoms with Crippen molar-refractivity contribution in [2.24, 2.45) is 0 Å². The summed E-state index contributed by atoms with van der Waals surface area (Å²) in [4.78, 5) is 28.1. The lowest BCUT2D eigenvalue weighted by molar-refractivity contribution is -0.384. The monoisotopic (exact) mass is 387 g/mol. The van der Waals surface area contributed by atoms with Crippen LogP contribution in [0.5, 0.6) is 0 Å². The number of benzene rings is 3.